The largest absolute Gasteiger partial charge is 0.378 e. The van der Waals surface area contributed by atoms with Crippen molar-refractivity contribution in [1.29, 1.82) is 0 Å². The van der Waals surface area contributed by atoms with Gasteiger partial charge in [0, 0.05) is 13.1 Å². The van der Waals surface area contributed by atoms with E-state index >= 15 is 0 Å². The van der Waals surface area contributed by atoms with Crippen LogP contribution in [0.2, 0.25) is 0 Å². The highest BCUT2D eigenvalue weighted by Crippen LogP contribution is 2.14. The van der Waals surface area contributed by atoms with Gasteiger partial charge in [0.15, 0.2) is 0 Å². The minimum absolute atomic E-state index is 0.200. The van der Waals surface area contributed by atoms with Crippen LogP contribution in [0.1, 0.15) is 32.6 Å². The van der Waals surface area contributed by atoms with Crippen LogP contribution in [0.25, 0.3) is 0 Å². The van der Waals surface area contributed by atoms with Crippen molar-refractivity contribution in [2.45, 2.75) is 38.8 Å². The summed E-state index contributed by atoms with van der Waals surface area (Å²) >= 11 is 0. The highest BCUT2D eigenvalue weighted by Gasteiger charge is 2.18. The van der Waals surface area contributed by atoms with Crippen molar-refractivity contribution in [3.05, 3.63) is 24.1 Å². The van der Waals surface area contributed by atoms with Gasteiger partial charge >= 0.3 is 0 Å². The summed E-state index contributed by atoms with van der Waals surface area (Å²) in [6.45, 7) is 3.45. The Bertz CT molecular complexity index is 238. The molecule has 0 radical (unpaired) electrons. The first-order chi connectivity index (χ1) is 7.24. The molecule has 0 aromatic carbocycles. The highest BCUT2D eigenvalue weighted by molar-refractivity contribution is 5.09. The lowest BCUT2D eigenvalue weighted by Gasteiger charge is -2.31. The molecule has 15 heavy (non-hydrogen) atoms. The molecule has 0 amide bonds. The molecule has 1 rings (SSSR count). The number of rotatable bonds is 4. The number of aliphatic hydroxyl groups is 1. The quantitative estimate of drug-likeness (QED) is 0.726. The molecule has 1 aliphatic heterocycles. The molecule has 0 aliphatic carbocycles. The Morgan fingerprint density at radius 1 is 1.53 bits per heavy atom. The number of halogens is 1. The maximum atomic E-state index is 12.7. The molecule has 1 saturated heterocycles. The van der Waals surface area contributed by atoms with E-state index < -0.39 is 0 Å². The third kappa shape index (κ3) is 4.58. The van der Waals surface area contributed by atoms with Gasteiger partial charge in [0.2, 0.25) is 0 Å². The van der Waals surface area contributed by atoms with Crippen LogP contribution in [-0.2, 0) is 0 Å². The molecule has 0 aromatic heterocycles. The monoisotopic (exact) mass is 213 g/mol. The van der Waals surface area contributed by atoms with E-state index in [-0.39, 0.29) is 12.1 Å². The molecule has 0 bridgehead atoms. The number of piperidine rings is 1. The smallest absolute Gasteiger partial charge is 0.118 e. The van der Waals surface area contributed by atoms with Crippen molar-refractivity contribution >= 4 is 0 Å². The number of aliphatic hydroxyl groups excluding tert-OH is 1. The van der Waals surface area contributed by atoms with E-state index in [1.54, 1.807) is 6.92 Å². The van der Waals surface area contributed by atoms with Gasteiger partial charge in [0.05, 0.1) is 0 Å². The highest BCUT2D eigenvalue weighted by atomic mass is 19.1. The molecule has 1 heterocycles. The van der Waals surface area contributed by atoms with Crippen molar-refractivity contribution < 1.29 is 9.50 Å². The molecule has 1 fully saturated rings. The summed E-state index contributed by atoms with van der Waals surface area (Å²) in [4.78, 5) is 2.06. The van der Waals surface area contributed by atoms with Crippen LogP contribution in [-0.4, -0.2) is 29.3 Å². The first-order valence-electron chi connectivity index (χ1n) is 5.64. The van der Waals surface area contributed by atoms with E-state index in [0.29, 0.717) is 0 Å². The Morgan fingerprint density at radius 2 is 2.33 bits per heavy atom. The van der Waals surface area contributed by atoms with E-state index in [0.717, 1.165) is 38.8 Å². The lowest BCUT2D eigenvalue weighted by molar-refractivity contribution is -0.0223. The van der Waals surface area contributed by atoms with Gasteiger partial charge in [-0.15, -0.1) is 0 Å². The predicted octanol–water partition coefficient (Wildman–Crippen LogP) is 2.61. The van der Waals surface area contributed by atoms with E-state index in [9.17, 15) is 9.50 Å². The van der Waals surface area contributed by atoms with Gasteiger partial charge in [0.25, 0.3) is 0 Å². The third-order valence-electron chi connectivity index (χ3n) is 2.71. The van der Waals surface area contributed by atoms with Crippen molar-refractivity contribution in [2.75, 3.05) is 13.1 Å². The van der Waals surface area contributed by atoms with Gasteiger partial charge in [-0.2, -0.15) is 0 Å². The maximum absolute atomic E-state index is 12.7. The molecular weight excluding hydrogens is 193 g/mol. The second-order valence-corrected chi connectivity index (χ2v) is 3.88. The minimum Gasteiger partial charge on any atom is -0.378 e. The Morgan fingerprint density at radius 3 is 3.00 bits per heavy atom. The summed E-state index contributed by atoms with van der Waals surface area (Å²) in [6, 6.07) is 0. The summed E-state index contributed by atoms with van der Waals surface area (Å²) in [5.74, 6) is -0.200. The molecule has 0 saturated carbocycles. The SMILES string of the molecule is C/C=C(F)\C=C/CCN1CCCCC1O. The summed E-state index contributed by atoms with van der Waals surface area (Å²) in [7, 11) is 0. The van der Waals surface area contributed by atoms with E-state index in [1.807, 2.05) is 6.08 Å². The third-order valence-corrected chi connectivity index (χ3v) is 2.71. The minimum atomic E-state index is -0.293. The van der Waals surface area contributed by atoms with Gasteiger partial charge in [-0.1, -0.05) is 12.2 Å². The summed E-state index contributed by atoms with van der Waals surface area (Å²) in [5.41, 5.74) is 0. The fourth-order valence-corrected chi connectivity index (χ4v) is 1.77. The van der Waals surface area contributed by atoms with Crippen molar-refractivity contribution in [3.8, 4) is 0 Å². The van der Waals surface area contributed by atoms with Crippen LogP contribution >= 0.6 is 0 Å². The molecule has 1 aliphatic rings. The van der Waals surface area contributed by atoms with Crippen LogP contribution in [0.15, 0.2) is 24.1 Å². The van der Waals surface area contributed by atoms with E-state index in [1.165, 1.54) is 12.2 Å². The second-order valence-electron chi connectivity index (χ2n) is 3.88. The van der Waals surface area contributed by atoms with Gasteiger partial charge < -0.3 is 5.11 Å². The lowest BCUT2D eigenvalue weighted by atomic mass is 10.1. The van der Waals surface area contributed by atoms with Crippen molar-refractivity contribution in [2.24, 2.45) is 0 Å². The number of likely N-dealkylation sites (tertiary alicyclic amines) is 1. The van der Waals surface area contributed by atoms with Crippen molar-refractivity contribution in [3.63, 3.8) is 0 Å². The molecule has 1 N–H and O–H groups in total. The molecule has 2 nitrogen and oxygen atoms in total. The van der Waals surface area contributed by atoms with Crippen molar-refractivity contribution in [1.82, 2.24) is 4.90 Å². The predicted molar refractivity (Wildman–Crippen MR) is 60.1 cm³/mol. The first kappa shape index (κ1) is 12.4. The number of hydrogen-bond donors (Lipinski definition) is 1. The molecule has 0 aromatic rings. The molecule has 3 heteroatoms. The van der Waals surface area contributed by atoms with Gasteiger partial charge in [0.1, 0.15) is 12.1 Å². The first-order valence-corrected chi connectivity index (χ1v) is 5.64. The van der Waals surface area contributed by atoms with Crippen LogP contribution < -0.4 is 0 Å². The summed E-state index contributed by atoms with van der Waals surface area (Å²) in [6.07, 6.45) is 8.37. The Labute approximate surface area is 91.1 Å². The fourth-order valence-electron chi connectivity index (χ4n) is 1.77. The normalized spacial score (nSPS) is 25.0. The van der Waals surface area contributed by atoms with Gasteiger partial charge in [-0.3, -0.25) is 4.90 Å². The number of nitrogens with zero attached hydrogens (tertiary/aromatic N) is 1. The molecule has 1 atom stereocenters. The zero-order chi connectivity index (χ0) is 11.1. The molecule has 86 valence electrons. The Kier molecular flexibility index (Phi) is 5.58. The zero-order valence-electron chi connectivity index (χ0n) is 9.32. The summed E-state index contributed by atoms with van der Waals surface area (Å²) in [5, 5.41) is 9.64. The average molecular weight is 213 g/mol. The second kappa shape index (κ2) is 6.75. The van der Waals surface area contributed by atoms with Crippen LogP contribution in [0.5, 0.6) is 0 Å². The molecular formula is C12H20FNO. The van der Waals surface area contributed by atoms with E-state index in [2.05, 4.69) is 4.90 Å². The van der Waals surface area contributed by atoms with Crippen LogP contribution in [0.3, 0.4) is 0 Å². The van der Waals surface area contributed by atoms with E-state index in [4.69, 9.17) is 0 Å². The average Bonchev–Trinajstić information content (AvgIpc) is 2.26. The number of allylic oxidation sites excluding steroid dienone is 3. The van der Waals surface area contributed by atoms with Gasteiger partial charge in [-0.25, -0.2) is 4.39 Å². The van der Waals surface area contributed by atoms with Gasteiger partial charge in [-0.05, 0) is 38.7 Å². The standard InChI is InChI=1S/C12H20FNO/c1-2-11(13)7-3-5-9-14-10-6-4-8-12(14)15/h2-3,7,12,15H,4-6,8-10H2,1H3/b7-3-,11-2+. The lowest BCUT2D eigenvalue weighted by Crippen LogP contribution is -2.39. The summed E-state index contributed by atoms with van der Waals surface area (Å²) < 4.78 is 12.7. The van der Waals surface area contributed by atoms with Crippen LogP contribution in [0, 0.1) is 0 Å². The Hall–Kier alpha value is -0.670. The zero-order valence-corrected chi connectivity index (χ0v) is 9.32. The number of hydrogen-bond acceptors (Lipinski definition) is 2. The maximum Gasteiger partial charge on any atom is 0.118 e. The topological polar surface area (TPSA) is 23.5 Å². The van der Waals surface area contributed by atoms with Crippen LogP contribution in [0.4, 0.5) is 4.39 Å². The Balaban J connectivity index is 2.21. The fraction of sp³-hybridized carbons (Fsp3) is 0.667. The molecule has 1 unspecified atom stereocenters. The molecule has 0 spiro atoms.